The number of thiol groups is 1. The fraction of sp³-hybridized carbons (Fsp3) is 0.750. The third kappa shape index (κ3) is 4.41. The predicted octanol–water partition coefficient (Wildman–Crippen LogP) is 0.862. The highest BCUT2D eigenvalue weighted by molar-refractivity contribution is 7.81. The number of hydrogen-bond acceptors (Lipinski definition) is 6. The summed E-state index contributed by atoms with van der Waals surface area (Å²) in [7, 11) is 0. The molecule has 19 heavy (non-hydrogen) atoms. The van der Waals surface area contributed by atoms with Crippen LogP contribution in [-0.4, -0.2) is 46.3 Å². The Hall–Kier alpha value is -1.24. The summed E-state index contributed by atoms with van der Waals surface area (Å²) in [4.78, 5) is 26.9. The number of carbonyl (C=O) groups is 2. The molecular formula is C12H20N2O4S. The number of esters is 1. The van der Waals surface area contributed by atoms with Gasteiger partial charge < -0.3 is 15.2 Å². The van der Waals surface area contributed by atoms with Crippen LogP contribution in [0.25, 0.3) is 0 Å². The van der Waals surface area contributed by atoms with Crippen LogP contribution >= 0.6 is 12.6 Å². The third-order valence-electron chi connectivity index (χ3n) is 2.79. The molecular weight excluding hydrogens is 268 g/mol. The Balaban J connectivity index is 2.69. The Morgan fingerprint density at radius 3 is 2.74 bits per heavy atom. The topological polar surface area (TPSA) is 88.0 Å². The van der Waals surface area contributed by atoms with E-state index in [0.29, 0.717) is 25.3 Å². The highest BCUT2D eigenvalue weighted by Crippen LogP contribution is 2.20. The number of carbonyl (C=O) groups excluding carboxylic acids is 1. The van der Waals surface area contributed by atoms with Gasteiger partial charge in [-0.25, -0.2) is 9.59 Å². The van der Waals surface area contributed by atoms with Crippen molar-refractivity contribution in [3.05, 3.63) is 0 Å². The lowest BCUT2D eigenvalue weighted by Crippen LogP contribution is -2.51. The number of nitrogens with one attached hydrogen (secondary N) is 1. The number of hydrogen-bond donors (Lipinski definition) is 3. The first-order valence-corrected chi connectivity index (χ1v) is 6.65. The van der Waals surface area contributed by atoms with Gasteiger partial charge in [0, 0.05) is 11.2 Å². The largest absolute Gasteiger partial charge is 0.480 e. The average Bonchev–Trinajstić information content (AvgIpc) is 2.72. The van der Waals surface area contributed by atoms with E-state index in [0.717, 1.165) is 0 Å². The number of carboxylic acid groups (broad SMARTS) is 1. The quantitative estimate of drug-likeness (QED) is 0.516. The zero-order valence-corrected chi connectivity index (χ0v) is 12.2. The zero-order chi connectivity index (χ0) is 14.6. The van der Waals surface area contributed by atoms with Crippen LogP contribution in [0.5, 0.6) is 0 Å². The number of aliphatic carboxylic acids is 1. The van der Waals surface area contributed by atoms with E-state index in [-0.39, 0.29) is 5.97 Å². The maximum Gasteiger partial charge on any atom is 0.330 e. The average molecular weight is 288 g/mol. The standard InChI is InChI=1S/C12H20N2O4S/c1-4-18-11(17)7-5-6-8(13-7)14-9(10(15)16)12(2,3)19/h7,9,19H,4-6H2,1-3H3,(H,13,14)(H,15,16). The molecule has 2 N–H and O–H groups in total. The van der Waals surface area contributed by atoms with Crippen LogP contribution in [-0.2, 0) is 14.3 Å². The van der Waals surface area contributed by atoms with Gasteiger partial charge in [-0.15, -0.1) is 0 Å². The van der Waals surface area contributed by atoms with Crippen molar-refractivity contribution in [3.8, 4) is 0 Å². The van der Waals surface area contributed by atoms with Gasteiger partial charge in [-0.2, -0.15) is 12.6 Å². The van der Waals surface area contributed by atoms with E-state index in [2.05, 4.69) is 22.9 Å². The first-order chi connectivity index (χ1) is 8.75. The summed E-state index contributed by atoms with van der Waals surface area (Å²) in [6.45, 7) is 5.47. The van der Waals surface area contributed by atoms with E-state index in [1.807, 2.05) is 0 Å². The number of amidine groups is 1. The second-order valence-electron chi connectivity index (χ2n) is 4.95. The number of nitrogens with zero attached hydrogens (tertiary/aromatic N) is 1. The van der Waals surface area contributed by atoms with Crippen LogP contribution in [0.1, 0.15) is 33.6 Å². The predicted molar refractivity (Wildman–Crippen MR) is 74.7 cm³/mol. The van der Waals surface area contributed by atoms with E-state index < -0.39 is 22.8 Å². The molecule has 6 nitrogen and oxygen atoms in total. The number of rotatable bonds is 5. The van der Waals surface area contributed by atoms with Crippen molar-refractivity contribution in [3.63, 3.8) is 0 Å². The summed E-state index contributed by atoms with van der Waals surface area (Å²) in [5.41, 5.74) is 0. The van der Waals surface area contributed by atoms with Crippen molar-refractivity contribution in [2.75, 3.05) is 6.61 Å². The van der Waals surface area contributed by atoms with Crippen LogP contribution in [0, 0.1) is 0 Å². The number of ether oxygens (including phenoxy) is 1. The van der Waals surface area contributed by atoms with Crippen molar-refractivity contribution < 1.29 is 19.4 Å². The van der Waals surface area contributed by atoms with Gasteiger partial charge in [0.2, 0.25) is 0 Å². The molecule has 1 aliphatic rings. The smallest absolute Gasteiger partial charge is 0.330 e. The molecule has 0 aromatic carbocycles. The molecule has 0 saturated heterocycles. The van der Waals surface area contributed by atoms with Crippen molar-refractivity contribution in [2.24, 2.45) is 4.99 Å². The van der Waals surface area contributed by atoms with Gasteiger partial charge in [0.25, 0.3) is 0 Å². The molecule has 1 heterocycles. The van der Waals surface area contributed by atoms with E-state index >= 15 is 0 Å². The maximum atomic E-state index is 11.5. The van der Waals surface area contributed by atoms with Gasteiger partial charge >= 0.3 is 11.9 Å². The van der Waals surface area contributed by atoms with Gasteiger partial charge in [-0.3, -0.25) is 4.99 Å². The zero-order valence-electron chi connectivity index (χ0n) is 11.3. The van der Waals surface area contributed by atoms with Crippen molar-refractivity contribution in [1.29, 1.82) is 0 Å². The first-order valence-electron chi connectivity index (χ1n) is 6.20. The van der Waals surface area contributed by atoms with Crippen molar-refractivity contribution in [2.45, 2.75) is 50.4 Å². The Kier molecular flexibility index (Phi) is 5.22. The Morgan fingerprint density at radius 2 is 2.26 bits per heavy atom. The highest BCUT2D eigenvalue weighted by Gasteiger charge is 2.35. The lowest BCUT2D eigenvalue weighted by Gasteiger charge is -2.27. The van der Waals surface area contributed by atoms with Gasteiger partial charge in [0.15, 0.2) is 0 Å². The van der Waals surface area contributed by atoms with Gasteiger partial charge in [0.1, 0.15) is 12.1 Å². The fourth-order valence-corrected chi connectivity index (χ4v) is 1.99. The minimum atomic E-state index is -0.998. The molecule has 0 radical (unpaired) electrons. The summed E-state index contributed by atoms with van der Waals surface area (Å²) in [6.07, 6.45) is 1.08. The molecule has 7 heteroatoms. The lowest BCUT2D eigenvalue weighted by molar-refractivity contribution is -0.144. The molecule has 1 rings (SSSR count). The minimum Gasteiger partial charge on any atom is -0.480 e. The molecule has 0 spiro atoms. The lowest BCUT2D eigenvalue weighted by atomic mass is 10.0. The summed E-state index contributed by atoms with van der Waals surface area (Å²) in [5, 5.41) is 12.0. The van der Waals surface area contributed by atoms with Crippen LogP contribution in [0.2, 0.25) is 0 Å². The normalized spacial score (nSPS) is 20.6. The summed E-state index contributed by atoms with van der Waals surface area (Å²) < 4.78 is 4.15. The molecule has 0 fully saturated rings. The summed E-state index contributed by atoms with van der Waals surface area (Å²) in [6, 6.07) is -1.39. The Bertz CT molecular complexity index is 390. The second kappa shape index (κ2) is 6.27. The molecule has 0 aliphatic carbocycles. The van der Waals surface area contributed by atoms with Gasteiger partial charge in [-0.05, 0) is 27.2 Å². The highest BCUT2D eigenvalue weighted by atomic mass is 32.1. The van der Waals surface area contributed by atoms with E-state index in [1.165, 1.54) is 0 Å². The molecule has 0 bridgehead atoms. The molecule has 0 aromatic rings. The Labute approximate surface area is 118 Å². The molecule has 108 valence electrons. The van der Waals surface area contributed by atoms with Crippen molar-refractivity contribution in [1.82, 2.24) is 5.32 Å². The number of carboxylic acids is 1. The van der Waals surface area contributed by atoms with E-state index in [4.69, 9.17) is 4.74 Å². The minimum absolute atomic E-state index is 0.315. The van der Waals surface area contributed by atoms with Gasteiger partial charge in [0.05, 0.1) is 12.4 Å². The van der Waals surface area contributed by atoms with Crippen molar-refractivity contribution >= 4 is 30.4 Å². The van der Waals surface area contributed by atoms with E-state index in [9.17, 15) is 14.7 Å². The number of aliphatic imine (C=N–C) groups is 1. The molecule has 2 atom stereocenters. The van der Waals surface area contributed by atoms with Crippen LogP contribution < -0.4 is 5.32 Å². The monoisotopic (exact) mass is 288 g/mol. The molecule has 1 aliphatic heterocycles. The van der Waals surface area contributed by atoms with Crippen LogP contribution in [0.3, 0.4) is 0 Å². The SMILES string of the molecule is CCOC(=O)C1CCC(NC(C(=O)O)C(C)(C)S)=N1. The fourth-order valence-electron chi connectivity index (χ4n) is 1.82. The van der Waals surface area contributed by atoms with E-state index in [1.54, 1.807) is 20.8 Å². The molecule has 0 aromatic heterocycles. The molecule has 2 unspecified atom stereocenters. The maximum absolute atomic E-state index is 11.5. The third-order valence-corrected chi connectivity index (χ3v) is 3.05. The van der Waals surface area contributed by atoms with Crippen LogP contribution in [0.4, 0.5) is 0 Å². The first kappa shape index (κ1) is 15.8. The summed E-state index contributed by atoms with van der Waals surface area (Å²) in [5.74, 6) is -0.842. The summed E-state index contributed by atoms with van der Waals surface area (Å²) >= 11 is 4.27. The second-order valence-corrected chi connectivity index (χ2v) is 6.10. The Morgan fingerprint density at radius 1 is 1.63 bits per heavy atom. The van der Waals surface area contributed by atoms with Gasteiger partial charge in [-0.1, -0.05) is 0 Å². The van der Waals surface area contributed by atoms with Crippen LogP contribution in [0.15, 0.2) is 4.99 Å². The molecule has 0 saturated carbocycles. The molecule has 0 amide bonds.